The number of carboxylic acids is 1. The summed E-state index contributed by atoms with van der Waals surface area (Å²) in [7, 11) is 0. The molecule has 4 rings (SSSR count). The Kier molecular flexibility index (Phi) is 4.46. The van der Waals surface area contributed by atoms with Crippen LogP contribution in [0.2, 0.25) is 0 Å². The van der Waals surface area contributed by atoms with Crippen LogP contribution in [0.1, 0.15) is 39.6 Å². The summed E-state index contributed by atoms with van der Waals surface area (Å²) in [5, 5.41) is 13.2. The van der Waals surface area contributed by atoms with Gasteiger partial charge in [0, 0.05) is 36.0 Å². The maximum absolute atomic E-state index is 12.3. The van der Waals surface area contributed by atoms with Gasteiger partial charge in [-0.15, -0.1) is 11.3 Å². The van der Waals surface area contributed by atoms with E-state index in [9.17, 15) is 14.7 Å². The number of amides is 1. The first-order valence-corrected chi connectivity index (χ1v) is 9.49. The molecule has 0 aliphatic carbocycles. The van der Waals surface area contributed by atoms with Crippen LogP contribution in [0.4, 0.5) is 0 Å². The number of aryl methyl sites for hydroxylation is 2. The van der Waals surface area contributed by atoms with Crippen molar-refractivity contribution >= 4 is 33.3 Å². The lowest BCUT2D eigenvalue weighted by molar-refractivity contribution is -0.120. The first kappa shape index (κ1) is 16.8. The highest BCUT2D eigenvalue weighted by Gasteiger charge is 2.19. The van der Waals surface area contributed by atoms with Crippen molar-refractivity contribution in [3.63, 3.8) is 0 Å². The molecule has 1 aliphatic rings. The van der Waals surface area contributed by atoms with E-state index < -0.39 is 5.97 Å². The highest BCUT2D eigenvalue weighted by Crippen LogP contribution is 2.31. The Hall–Kier alpha value is -2.67. The molecule has 3 heterocycles. The van der Waals surface area contributed by atoms with Gasteiger partial charge in [-0.25, -0.2) is 9.78 Å². The van der Waals surface area contributed by atoms with E-state index in [0.29, 0.717) is 5.56 Å². The van der Waals surface area contributed by atoms with Crippen molar-refractivity contribution < 1.29 is 14.7 Å². The smallest absolute Gasteiger partial charge is 0.346 e. The highest BCUT2D eigenvalue weighted by atomic mass is 32.1. The number of carboxylic acid groups (broad SMARTS) is 1. The van der Waals surface area contributed by atoms with Crippen molar-refractivity contribution in [2.75, 3.05) is 0 Å². The molecule has 7 heteroatoms. The zero-order chi connectivity index (χ0) is 18.1. The fourth-order valence-corrected chi connectivity index (χ4v) is 4.48. The number of imidazole rings is 1. The SMILES string of the molecule is O=C(Cc1cn2c(n1)CCCC2)NCc1c(C(=O)O)sc2ccccc12. The number of rotatable bonds is 5. The summed E-state index contributed by atoms with van der Waals surface area (Å²) in [6.07, 6.45) is 5.43. The molecule has 26 heavy (non-hydrogen) atoms. The zero-order valence-electron chi connectivity index (χ0n) is 14.2. The Bertz CT molecular complexity index is 966. The van der Waals surface area contributed by atoms with E-state index in [0.717, 1.165) is 47.4 Å². The topological polar surface area (TPSA) is 84.2 Å². The molecule has 0 radical (unpaired) electrons. The molecule has 0 spiro atoms. The standard InChI is InChI=1S/C19H19N3O3S/c23-17(9-12-11-22-8-4-3-7-16(22)21-12)20-10-14-13-5-1-2-6-15(13)26-18(14)19(24)25/h1-2,5-6,11H,3-4,7-10H2,(H,20,23)(H,24,25). The molecule has 0 saturated heterocycles. The quantitative estimate of drug-likeness (QED) is 0.724. The summed E-state index contributed by atoms with van der Waals surface area (Å²) in [5.41, 5.74) is 1.43. The lowest BCUT2D eigenvalue weighted by Gasteiger charge is -2.11. The largest absolute Gasteiger partial charge is 0.477 e. The summed E-state index contributed by atoms with van der Waals surface area (Å²) in [4.78, 5) is 28.7. The summed E-state index contributed by atoms with van der Waals surface area (Å²) in [6.45, 7) is 1.17. The number of fused-ring (bicyclic) bond motifs is 2. The molecule has 0 bridgehead atoms. The van der Waals surface area contributed by atoms with Gasteiger partial charge in [-0.05, 0) is 24.3 Å². The first-order chi connectivity index (χ1) is 12.6. The third-order valence-electron chi connectivity index (χ3n) is 4.65. The van der Waals surface area contributed by atoms with E-state index in [1.165, 1.54) is 11.3 Å². The Morgan fingerprint density at radius 2 is 2.12 bits per heavy atom. The number of nitrogens with zero attached hydrogens (tertiary/aromatic N) is 2. The average Bonchev–Trinajstić information content (AvgIpc) is 3.20. The fourth-order valence-electron chi connectivity index (χ4n) is 3.42. The summed E-state index contributed by atoms with van der Waals surface area (Å²) in [5.74, 6) is -0.0552. The molecule has 1 aliphatic heterocycles. The molecule has 6 nitrogen and oxygen atoms in total. The maximum atomic E-state index is 12.3. The number of hydrogen-bond donors (Lipinski definition) is 2. The number of aromatic carboxylic acids is 1. The minimum Gasteiger partial charge on any atom is -0.477 e. The molecule has 0 saturated carbocycles. The van der Waals surface area contributed by atoms with Gasteiger partial charge in [0.1, 0.15) is 10.7 Å². The summed E-state index contributed by atoms with van der Waals surface area (Å²) < 4.78 is 3.04. The Balaban J connectivity index is 1.47. The summed E-state index contributed by atoms with van der Waals surface area (Å²) >= 11 is 1.24. The third kappa shape index (κ3) is 3.22. The number of carbonyl (C=O) groups is 2. The highest BCUT2D eigenvalue weighted by molar-refractivity contribution is 7.21. The zero-order valence-corrected chi connectivity index (χ0v) is 15.0. The monoisotopic (exact) mass is 369 g/mol. The van der Waals surface area contributed by atoms with Crippen LogP contribution in [0.5, 0.6) is 0 Å². The minimum atomic E-state index is -0.961. The van der Waals surface area contributed by atoms with Gasteiger partial charge in [0.05, 0.1) is 12.1 Å². The van der Waals surface area contributed by atoms with Gasteiger partial charge in [-0.2, -0.15) is 0 Å². The predicted molar refractivity (Wildman–Crippen MR) is 99.5 cm³/mol. The van der Waals surface area contributed by atoms with Gasteiger partial charge in [0.2, 0.25) is 5.91 Å². The number of thiophene rings is 1. The van der Waals surface area contributed by atoms with Crippen LogP contribution >= 0.6 is 11.3 Å². The lowest BCUT2D eigenvalue weighted by atomic mass is 10.1. The second kappa shape index (κ2) is 6.92. The lowest BCUT2D eigenvalue weighted by Crippen LogP contribution is -2.25. The maximum Gasteiger partial charge on any atom is 0.346 e. The molecular weight excluding hydrogens is 350 g/mol. The molecule has 1 amide bonds. The number of hydrogen-bond acceptors (Lipinski definition) is 4. The molecule has 3 aromatic rings. The molecule has 0 fully saturated rings. The average molecular weight is 369 g/mol. The number of aromatic nitrogens is 2. The van der Waals surface area contributed by atoms with Crippen LogP contribution in [-0.4, -0.2) is 26.5 Å². The van der Waals surface area contributed by atoms with E-state index >= 15 is 0 Å². The van der Waals surface area contributed by atoms with Gasteiger partial charge in [-0.3, -0.25) is 4.79 Å². The molecule has 134 valence electrons. The van der Waals surface area contributed by atoms with Crippen LogP contribution in [0.3, 0.4) is 0 Å². The normalized spacial score (nSPS) is 13.5. The van der Waals surface area contributed by atoms with E-state index in [1.807, 2.05) is 30.5 Å². The predicted octanol–water partition coefficient (Wildman–Crippen LogP) is 2.99. The molecule has 1 aromatic carbocycles. The van der Waals surface area contributed by atoms with E-state index in [4.69, 9.17) is 0 Å². The van der Waals surface area contributed by atoms with Gasteiger partial charge < -0.3 is 15.0 Å². The molecule has 2 aromatic heterocycles. The van der Waals surface area contributed by atoms with Crippen molar-refractivity contribution in [1.82, 2.24) is 14.9 Å². The Morgan fingerprint density at radius 1 is 1.27 bits per heavy atom. The van der Waals surface area contributed by atoms with Crippen LogP contribution in [-0.2, 0) is 30.7 Å². The van der Waals surface area contributed by atoms with E-state index in [1.54, 1.807) is 0 Å². The van der Waals surface area contributed by atoms with Crippen LogP contribution in [0, 0.1) is 0 Å². The van der Waals surface area contributed by atoms with Crippen molar-refractivity contribution in [3.05, 3.63) is 52.4 Å². The third-order valence-corrected chi connectivity index (χ3v) is 5.86. The minimum absolute atomic E-state index is 0.146. The summed E-state index contributed by atoms with van der Waals surface area (Å²) in [6, 6.07) is 7.55. The first-order valence-electron chi connectivity index (χ1n) is 8.67. The number of carbonyl (C=O) groups excluding carboxylic acids is 1. The van der Waals surface area contributed by atoms with Crippen LogP contribution in [0.25, 0.3) is 10.1 Å². The van der Waals surface area contributed by atoms with Gasteiger partial charge in [0.15, 0.2) is 0 Å². The molecule has 0 unspecified atom stereocenters. The van der Waals surface area contributed by atoms with Gasteiger partial charge in [0.25, 0.3) is 0 Å². The molecular formula is C19H19N3O3S. The Morgan fingerprint density at radius 3 is 2.92 bits per heavy atom. The van der Waals surface area contributed by atoms with Crippen molar-refractivity contribution in [2.24, 2.45) is 0 Å². The van der Waals surface area contributed by atoms with Crippen LogP contribution < -0.4 is 5.32 Å². The second-order valence-electron chi connectivity index (χ2n) is 6.46. The van der Waals surface area contributed by atoms with Crippen molar-refractivity contribution in [3.8, 4) is 0 Å². The number of nitrogens with one attached hydrogen (secondary N) is 1. The second-order valence-corrected chi connectivity index (χ2v) is 7.52. The van der Waals surface area contributed by atoms with Gasteiger partial charge >= 0.3 is 5.97 Å². The van der Waals surface area contributed by atoms with Crippen molar-refractivity contribution in [2.45, 2.75) is 38.8 Å². The van der Waals surface area contributed by atoms with E-state index in [2.05, 4.69) is 14.9 Å². The number of benzene rings is 1. The Labute approximate surface area is 154 Å². The van der Waals surface area contributed by atoms with Crippen LogP contribution in [0.15, 0.2) is 30.5 Å². The molecule has 2 N–H and O–H groups in total. The van der Waals surface area contributed by atoms with E-state index in [-0.39, 0.29) is 23.7 Å². The fraction of sp³-hybridized carbons (Fsp3) is 0.316. The van der Waals surface area contributed by atoms with Gasteiger partial charge in [-0.1, -0.05) is 18.2 Å². The van der Waals surface area contributed by atoms with Crippen molar-refractivity contribution in [1.29, 1.82) is 0 Å². The molecule has 0 atom stereocenters.